The number of carbonyl (C=O) groups excluding carboxylic acids is 1. The summed E-state index contributed by atoms with van der Waals surface area (Å²) < 4.78 is 5.08. The van der Waals surface area contributed by atoms with E-state index >= 15 is 0 Å². The summed E-state index contributed by atoms with van der Waals surface area (Å²) in [5.74, 6) is 1.48. The molecule has 1 aliphatic heterocycles. The molecule has 0 saturated carbocycles. The van der Waals surface area contributed by atoms with Crippen LogP contribution >= 0.6 is 0 Å². The lowest BCUT2D eigenvalue weighted by Crippen LogP contribution is -1.97. The van der Waals surface area contributed by atoms with Gasteiger partial charge in [-0.2, -0.15) is 0 Å². The van der Waals surface area contributed by atoms with E-state index in [4.69, 9.17) is 4.74 Å². The van der Waals surface area contributed by atoms with Gasteiger partial charge in [0.15, 0.2) is 17.3 Å². The van der Waals surface area contributed by atoms with Gasteiger partial charge >= 0.3 is 0 Å². The fourth-order valence-corrected chi connectivity index (χ4v) is 1.10. The maximum Gasteiger partial charge on any atom is 0.192 e. The Kier molecular flexibility index (Phi) is 1.30. The van der Waals surface area contributed by atoms with Crippen LogP contribution in [0.5, 0.6) is 11.5 Å². The molecule has 0 fully saturated rings. The van der Waals surface area contributed by atoms with Crippen molar-refractivity contribution >= 4 is 5.78 Å². The van der Waals surface area contributed by atoms with Gasteiger partial charge in [0, 0.05) is 0 Å². The Bertz CT molecular complexity index is 377. The minimum atomic E-state index is -0.0376. The highest BCUT2D eigenvalue weighted by atomic mass is 16.6. The average Bonchev–Trinajstić information content (AvgIpc) is 2.80. The molecule has 0 atom stereocenters. The van der Waals surface area contributed by atoms with Gasteiger partial charge < -0.3 is 4.74 Å². The summed E-state index contributed by atoms with van der Waals surface area (Å²) in [7, 11) is 0. The van der Waals surface area contributed by atoms with Crippen molar-refractivity contribution in [2.75, 3.05) is 0 Å². The van der Waals surface area contributed by atoms with Gasteiger partial charge in [0.05, 0.1) is 5.56 Å². The Morgan fingerprint density at radius 3 is 2.92 bits per heavy atom. The van der Waals surface area contributed by atoms with E-state index in [2.05, 4.69) is 6.58 Å². The molecule has 2 nitrogen and oxygen atoms in total. The minimum absolute atomic E-state index is 0.0376. The third-order valence-electron chi connectivity index (χ3n) is 1.78. The van der Waals surface area contributed by atoms with Crippen molar-refractivity contribution in [2.45, 2.75) is 6.92 Å². The van der Waals surface area contributed by atoms with Crippen molar-refractivity contribution in [1.29, 1.82) is 0 Å². The Hall–Kier alpha value is -1.57. The summed E-state index contributed by atoms with van der Waals surface area (Å²) in [6, 6.07) is 5.40. The molecule has 0 saturated heterocycles. The van der Waals surface area contributed by atoms with E-state index in [1.54, 1.807) is 13.0 Å². The number of Topliss-reactive ketones (excluding diaryl/α,β-unsaturated/α-hetero) is 1. The number of hydrogen-bond acceptors (Lipinski definition) is 2. The van der Waals surface area contributed by atoms with Crippen molar-refractivity contribution < 1.29 is 9.53 Å². The molecule has 2 rings (SSSR count). The third-order valence-corrected chi connectivity index (χ3v) is 1.78. The topological polar surface area (TPSA) is 29.6 Å². The molecule has 1 aromatic rings. The fourth-order valence-electron chi connectivity index (χ4n) is 1.10. The lowest BCUT2D eigenvalue weighted by molar-refractivity contribution is 0.103. The van der Waals surface area contributed by atoms with E-state index in [0.717, 1.165) is 5.75 Å². The maximum atomic E-state index is 11.4. The Balaban J connectivity index is 2.44. The van der Waals surface area contributed by atoms with Crippen LogP contribution in [0.25, 0.3) is 0 Å². The molecule has 2 heteroatoms. The van der Waals surface area contributed by atoms with Crippen molar-refractivity contribution in [3.05, 3.63) is 35.9 Å². The van der Waals surface area contributed by atoms with E-state index in [-0.39, 0.29) is 5.78 Å². The molecule has 0 amide bonds. The van der Waals surface area contributed by atoms with Crippen LogP contribution in [-0.4, -0.2) is 5.78 Å². The van der Waals surface area contributed by atoms with E-state index in [9.17, 15) is 4.79 Å². The molecule has 0 aromatic heterocycles. The summed E-state index contributed by atoms with van der Waals surface area (Å²) >= 11 is 0. The van der Waals surface area contributed by atoms with Crippen LogP contribution in [-0.2, 0) is 0 Å². The van der Waals surface area contributed by atoms with Crippen LogP contribution in [0, 0.1) is 0 Å². The summed E-state index contributed by atoms with van der Waals surface area (Å²) in [5, 5.41) is 0. The van der Waals surface area contributed by atoms with Gasteiger partial charge in [-0.25, -0.2) is 0 Å². The predicted molar refractivity (Wildman–Crippen MR) is 45.7 cm³/mol. The second kappa shape index (κ2) is 2.21. The molecule has 60 valence electrons. The third kappa shape index (κ3) is 0.925. The van der Waals surface area contributed by atoms with E-state index in [0.29, 0.717) is 16.9 Å². The lowest BCUT2D eigenvalue weighted by Gasteiger charge is -1.94. The van der Waals surface area contributed by atoms with Gasteiger partial charge in [0.1, 0.15) is 0 Å². The second-order valence-corrected chi connectivity index (χ2v) is 2.84. The number of allylic oxidation sites excluding steroid dienone is 1. The fraction of sp³-hybridized carbons (Fsp3) is 0.100. The summed E-state index contributed by atoms with van der Waals surface area (Å²) in [6.45, 7) is 5.29. The molecule has 1 aromatic carbocycles. The number of carbonyl (C=O) groups is 1. The first-order chi connectivity index (χ1) is 5.70. The molecule has 12 heavy (non-hydrogen) atoms. The molecule has 0 unspecified atom stereocenters. The molecular formula is C10H8O2. The summed E-state index contributed by atoms with van der Waals surface area (Å²) in [6.07, 6.45) is 0. The lowest BCUT2D eigenvalue weighted by atomic mass is 10.1. The quantitative estimate of drug-likeness (QED) is 0.384. The van der Waals surface area contributed by atoms with Crippen LogP contribution in [0.1, 0.15) is 17.3 Å². The van der Waals surface area contributed by atoms with Gasteiger partial charge in [0.2, 0.25) is 0 Å². The molecule has 0 bridgehead atoms. The Labute approximate surface area is 70.5 Å². The van der Waals surface area contributed by atoms with Crippen LogP contribution in [0.2, 0.25) is 0 Å². The van der Waals surface area contributed by atoms with Crippen molar-refractivity contribution in [1.82, 2.24) is 0 Å². The monoisotopic (exact) mass is 160 g/mol. The Morgan fingerprint density at radius 2 is 2.25 bits per heavy atom. The van der Waals surface area contributed by atoms with E-state index in [1.807, 2.05) is 12.1 Å². The largest absolute Gasteiger partial charge is 0.449 e. The number of rotatable bonds is 2. The first-order valence-electron chi connectivity index (χ1n) is 3.71. The first-order valence-corrected chi connectivity index (χ1v) is 3.71. The zero-order valence-corrected chi connectivity index (χ0v) is 6.76. The molecular weight excluding hydrogens is 152 g/mol. The predicted octanol–water partition coefficient (Wildman–Crippen LogP) is 2.55. The van der Waals surface area contributed by atoms with Crippen LogP contribution < -0.4 is 4.74 Å². The number of benzene rings is 1. The van der Waals surface area contributed by atoms with Gasteiger partial charge in [-0.3, -0.25) is 4.79 Å². The van der Waals surface area contributed by atoms with Crippen molar-refractivity contribution in [2.24, 2.45) is 0 Å². The number of fused-ring (bicyclic) bond motifs is 1. The average molecular weight is 160 g/mol. The van der Waals surface area contributed by atoms with Gasteiger partial charge in [-0.1, -0.05) is 12.6 Å². The molecule has 0 N–H and O–H groups in total. The van der Waals surface area contributed by atoms with Crippen molar-refractivity contribution in [3.63, 3.8) is 0 Å². The number of ether oxygens (including phenoxy) is 1. The first kappa shape index (κ1) is 7.10. The summed E-state index contributed by atoms with van der Waals surface area (Å²) in [4.78, 5) is 11.4. The second-order valence-electron chi connectivity index (χ2n) is 2.84. The highest BCUT2D eigenvalue weighted by Crippen LogP contribution is 2.48. The Morgan fingerprint density at radius 1 is 1.50 bits per heavy atom. The van der Waals surface area contributed by atoms with E-state index < -0.39 is 0 Å². The van der Waals surface area contributed by atoms with Crippen molar-refractivity contribution in [3.8, 4) is 11.5 Å². The highest BCUT2D eigenvalue weighted by molar-refractivity contribution is 6.11. The standard InChI is InChI=1S/C10H8O2/c1-6(2)9(11)7-4-3-5-8-10(7)12-8/h3-5H,1H2,2H3. The smallest absolute Gasteiger partial charge is 0.192 e. The van der Waals surface area contributed by atoms with Gasteiger partial charge in [0.25, 0.3) is 0 Å². The molecule has 1 aliphatic rings. The normalized spacial score (nSPS) is 11.4. The van der Waals surface area contributed by atoms with E-state index in [1.165, 1.54) is 0 Å². The minimum Gasteiger partial charge on any atom is -0.449 e. The van der Waals surface area contributed by atoms with Gasteiger partial charge in [-0.05, 0) is 24.6 Å². The van der Waals surface area contributed by atoms with Crippen LogP contribution in [0.4, 0.5) is 0 Å². The number of para-hydroxylation sites is 1. The van der Waals surface area contributed by atoms with Crippen LogP contribution in [0.15, 0.2) is 30.4 Å². The van der Waals surface area contributed by atoms with Crippen LogP contribution in [0.3, 0.4) is 0 Å². The SMILES string of the molecule is C=C(C)C(=O)c1cccc2c1O2. The zero-order chi connectivity index (χ0) is 8.72. The molecule has 0 spiro atoms. The van der Waals surface area contributed by atoms with Gasteiger partial charge in [-0.15, -0.1) is 0 Å². The maximum absolute atomic E-state index is 11.4. The zero-order valence-electron chi connectivity index (χ0n) is 6.76. The molecule has 0 radical (unpaired) electrons. The highest BCUT2D eigenvalue weighted by Gasteiger charge is 2.27. The number of ketones is 1. The summed E-state index contributed by atoms with van der Waals surface area (Å²) in [5.41, 5.74) is 1.17. The number of hydrogen-bond donors (Lipinski definition) is 0. The molecule has 1 heterocycles. The molecule has 0 aliphatic carbocycles.